The molecule has 98 heavy (non-hydrogen) atoms. The molecule has 0 spiro atoms. The first-order valence-electron chi connectivity index (χ1n) is 38.5. The number of amides is 1. The van der Waals surface area contributed by atoms with E-state index in [1.807, 2.05) is 6.08 Å². The summed E-state index contributed by atoms with van der Waals surface area (Å²) in [5.41, 5.74) is 0. The van der Waals surface area contributed by atoms with Crippen LogP contribution in [-0.4, -0.2) is 193 Å². The molecule has 3 aliphatic heterocycles. The highest BCUT2D eigenvalue weighted by Crippen LogP contribution is 2.33. The monoisotopic (exact) mass is 1390 g/mol. The predicted molar refractivity (Wildman–Crippen MR) is 387 cm³/mol. The number of hydrogen-bond acceptors (Lipinski definition) is 18. The van der Waals surface area contributed by atoms with Gasteiger partial charge in [-0.25, -0.2) is 0 Å². The molecule has 3 fully saturated rings. The van der Waals surface area contributed by atoms with Crippen LogP contribution in [0.1, 0.15) is 264 Å². The summed E-state index contributed by atoms with van der Waals surface area (Å²) in [6.07, 6.45) is 52.4. The molecule has 0 aliphatic carbocycles. The zero-order valence-electron chi connectivity index (χ0n) is 60.2. The molecule has 17 unspecified atom stereocenters. The first kappa shape index (κ1) is 88.9. The van der Waals surface area contributed by atoms with Crippen molar-refractivity contribution in [2.24, 2.45) is 0 Å². The zero-order valence-corrected chi connectivity index (χ0v) is 60.2. The Morgan fingerprint density at radius 3 is 1.14 bits per heavy atom. The molecule has 19 nitrogen and oxygen atoms in total. The Bertz CT molecular complexity index is 2150. The maximum absolute atomic E-state index is 13.5. The number of aliphatic hydroxyl groups excluding tert-OH is 11. The molecule has 0 aromatic rings. The average Bonchev–Trinajstić information content (AvgIpc) is 0.782. The van der Waals surface area contributed by atoms with Crippen molar-refractivity contribution < 1.29 is 89.4 Å². The summed E-state index contributed by atoms with van der Waals surface area (Å²) in [5, 5.41) is 121. The van der Waals surface area contributed by atoms with Gasteiger partial charge in [-0.1, -0.05) is 272 Å². The summed E-state index contributed by atoms with van der Waals surface area (Å²) in [7, 11) is 0. The van der Waals surface area contributed by atoms with Crippen molar-refractivity contribution in [3.63, 3.8) is 0 Å². The second-order valence-corrected chi connectivity index (χ2v) is 27.1. The highest BCUT2D eigenvalue weighted by molar-refractivity contribution is 5.76. The number of hydrogen-bond donors (Lipinski definition) is 12. The number of rotatable bonds is 59. The number of unbranched alkanes of at least 4 members (excludes halogenated alkanes) is 29. The lowest BCUT2D eigenvalue weighted by molar-refractivity contribution is -0.379. The summed E-state index contributed by atoms with van der Waals surface area (Å²) in [4.78, 5) is 13.5. The van der Waals surface area contributed by atoms with Gasteiger partial charge in [0.05, 0.1) is 38.6 Å². The van der Waals surface area contributed by atoms with Crippen LogP contribution in [0.25, 0.3) is 0 Å². The molecule has 3 heterocycles. The minimum absolute atomic E-state index is 0.230. The molecule has 0 radical (unpaired) electrons. The van der Waals surface area contributed by atoms with Crippen molar-refractivity contribution >= 4 is 5.91 Å². The van der Waals surface area contributed by atoms with Gasteiger partial charge in [0.25, 0.3) is 0 Å². The molecule has 12 N–H and O–H groups in total. The lowest BCUT2D eigenvalue weighted by atomic mass is 9.96. The largest absolute Gasteiger partial charge is 0.394 e. The molecule has 0 bridgehead atoms. The highest BCUT2D eigenvalue weighted by atomic mass is 16.8. The van der Waals surface area contributed by atoms with E-state index < -0.39 is 124 Å². The maximum Gasteiger partial charge on any atom is 0.220 e. The molecule has 566 valence electrons. The van der Waals surface area contributed by atoms with Crippen molar-refractivity contribution in [2.75, 3.05) is 26.4 Å². The predicted octanol–water partition coefficient (Wildman–Crippen LogP) is 12.0. The van der Waals surface area contributed by atoms with Crippen molar-refractivity contribution in [2.45, 2.75) is 369 Å². The summed E-state index contributed by atoms with van der Waals surface area (Å²) >= 11 is 0. The summed E-state index contributed by atoms with van der Waals surface area (Å²) in [6, 6.07) is -0.996. The number of allylic oxidation sites excluding steroid dienone is 15. The highest BCUT2D eigenvalue weighted by Gasteiger charge is 2.53. The van der Waals surface area contributed by atoms with E-state index in [-0.39, 0.29) is 18.9 Å². The van der Waals surface area contributed by atoms with Gasteiger partial charge >= 0.3 is 0 Å². The molecule has 0 aromatic heterocycles. The van der Waals surface area contributed by atoms with Crippen molar-refractivity contribution in [1.29, 1.82) is 0 Å². The second-order valence-electron chi connectivity index (χ2n) is 27.1. The van der Waals surface area contributed by atoms with Crippen LogP contribution in [0.4, 0.5) is 0 Å². The Balaban J connectivity index is 1.38. The molecule has 1 amide bonds. The van der Waals surface area contributed by atoms with Crippen LogP contribution in [0.2, 0.25) is 0 Å². The Labute approximate surface area is 590 Å². The van der Waals surface area contributed by atoms with E-state index in [1.165, 1.54) is 148 Å². The van der Waals surface area contributed by atoms with Gasteiger partial charge in [-0.15, -0.1) is 0 Å². The Morgan fingerprint density at radius 2 is 0.714 bits per heavy atom. The molecule has 19 heteroatoms. The van der Waals surface area contributed by atoms with Gasteiger partial charge in [-0.3, -0.25) is 4.79 Å². The third-order valence-corrected chi connectivity index (χ3v) is 18.6. The quantitative estimate of drug-likeness (QED) is 0.0199. The van der Waals surface area contributed by atoms with Gasteiger partial charge in [-0.05, 0) is 83.5 Å². The first-order chi connectivity index (χ1) is 47.8. The van der Waals surface area contributed by atoms with E-state index in [1.54, 1.807) is 6.08 Å². The molecule has 3 saturated heterocycles. The van der Waals surface area contributed by atoms with Crippen LogP contribution >= 0.6 is 0 Å². The second kappa shape index (κ2) is 59.1. The lowest BCUT2D eigenvalue weighted by Crippen LogP contribution is -2.66. The van der Waals surface area contributed by atoms with Crippen LogP contribution in [-0.2, 0) is 33.2 Å². The fourth-order valence-corrected chi connectivity index (χ4v) is 12.4. The molecule has 17 atom stereocenters. The third-order valence-electron chi connectivity index (χ3n) is 18.6. The van der Waals surface area contributed by atoms with Crippen molar-refractivity contribution in [1.82, 2.24) is 5.32 Å². The standard InChI is InChI=1S/C79H137NO18/c1-3-5-7-9-11-13-15-17-19-21-23-25-26-27-28-29-30-31-32-33-34-35-36-37-39-41-43-45-47-49-51-53-55-57-67(85)80-62(63(84)56-54-52-50-48-46-44-42-40-38-24-22-20-18-16-14-12-10-8-6-4-2)61-93-77-73(91)70(88)75(65(59-82)95-77)98-79-74(92)71(89)76(66(60-83)96-79)97-78-72(90)69(87)68(86)64(58-81)94-78/h5,7,11,13,17,19,23,25,27-28,30-31,46,48,54,56,62-66,68-79,81-84,86-92H,3-4,6,8-10,12,14-16,18,20-22,24,26,29,32-45,47,49-53,55,57-61H2,1-2H3,(H,80,85)/b7-5-,13-11-,19-17-,25-23-,28-27-,31-30-,48-46+,56-54+. The molecule has 3 aliphatic rings. The van der Waals surface area contributed by atoms with E-state index in [9.17, 15) is 61.0 Å². The fourth-order valence-electron chi connectivity index (χ4n) is 12.4. The maximum atomic E-state index is 13.5. The van der Waals surface area contributed by atoms with E-state index in [0.29, 0.717) is 12.8 Å². The van der Waals surface area contributed by atoms with Crippen LogP contribution in [0.3, 0.4) is 0 Å². The molecule has 0 aromatic carbocycles. The summed E-state index contributed by atoms with van der Waals surface area (Å²) < 4.78 is 34.4. The minimum Gasteiger partial charge on any atom is -0.394 e. The lowest BCUT2D eigenvalue weighted by Gasteiger charge is -2.48. The van der Waals surface area contributed by atoms with E-state index in [0.717, 1.165) is 83.5 Å². The SMILES string of the molecule is CC/C=C\C/C=C\C/C=C\C/C=C\C/C=C\C/C=C\CCCCCCCCCCCCCCCCC(=O)NC(COC1OC(CO)C(OC2OC(CO)C(OC3OC(CO)C(O)C(O)C3O)C(O)C2O)C(O)C1O)C(O)/C=C/CC/C=C/CCCCCCCCCCCCCCCC. The number of aliphatic hydroxyl groups is 11. The van der Waals surface area contributed by atoms with E-state index >= 15 is 0 Å². The summed E-state index contributed by atoms with van der Waals surface area (Å²) in [6.45, 7) is 1.61. The molecule has 3 rings (SSSR count). The number of carbonyl (C=O) groups excluding carboxylic acids is 1. The topological polar surface area (TPSA) is 307 Å². The zero-order chi connectivity index (χ0) is 71.1. The van der Waals surface area contributed by atoms with Crippen LogP contribution < -0.4 is 5.32 Å². The first-order valence-corrected chi connectivity index (χ1v) is 38.5. The van der Waals surface area contributed by atoms with Gasteiger partial charge in [0.1, 0.15) is 73.2 Å². The number of carbonyl (C=O) groups is 1. The Kier molecular flexibility index (Phi) is 53.7. The fraction of sp³-hybridized carbons (Fsp3) is 0.785. The number of nitrogens with one attached hydrogen (secondary N) is 1. The Morgan fingerprint density at radius 1 is 0.378 bits per heavy atom. The van der Waals surface area contributed by atoms with Gasteiger partial charge < -0.3 is 89.9 Å². The smallest absolute Gasteiger partial charge is 0.220 e. The van der Waals surface area contributed by atoms with E-state index in [4.69, 9.17) is 28.4 Å². The van der Waals surface area contributed by atoms with Crippen molar-refractivity contribution in [3.8, 4) is 0 Å². The van der Waals surface area contributed by atoms with Crippen molar-refractivity contribution in [3.05, 3.63) is 97.2 Å². The normalized spacial score (nSPS) is 27.3. The van der Waals surface area contributed by atoms with Crippen LogP contribution in [0.5, 0.6) is 0 Å². The third kappa shape index (κ3) is 39.4. The van der Waals surface area contributed by atoms with Gasteiger partial charge in [0, 0.05) is 6.42 Å². The summed E-state index contributed by atoms with van der Waals surface area (Å²) in [5.74, 6) is -0.288. The van der Waals surface area contributed by atoms with Gasteiger partial charge in [-0.2, -0.15) is 0 Å². The number of ether oxygens (including phenoxy) is 6. The molecule has 0 saturated carbocycles. The molecular weight excluding hydrogens is 1250 g/mol. The minimum atomic E-state index is -1.98. The van der Waals surface area contributed by atoms with E-state index in [2.05, 4.69) is 104 Å². The van der Waals surface area contributed by atoms with Crippen LogP contribution in [0.15, 0.2) is 97.2 Å². The van der Waals surface area contributed by atoms with Gasteiger partial charge in [0.2, 0.25) is 5.91 Å². The Hall–Kier alpha value is -3.29. The average molecular weight is 1390 g/mol. The molecular formula is C79H137NO18. The van der Waals surface area contributed by atoms with Crippen LogP contribution in [0, 0.1) is 0 Å². The van der Waals surface area contributed by atoms with Gasteiger partial charge in [0.15, 0.2) is 18.9 Å².